The van der Waals surface area contributed by atoms with E-state index in [1.165, 1.54) is 29.3 Å². The number of carbonyl (C=O) groups excluding carboxylic acids is 1. The first-order chi connectivity index (χ1) is 14.5. The third kappa shape index (κ3) is 4.68. The van der Waals surface area contributed by atoms with E-state index in [0.29, 0.717) is 19.4 Å². The SMILES string of the molecule is O=C(Nc1ccc(N2CCCCC2)cc1)[C@H]1CCCN(S(=O)(=O)c2ccccc2)C1. The Labute approximate surface area is 178 Å². The molecule has 2 heterocycles. The molecule has 0 radical (unpaired) electrons. The molecule has 4 rings (SSSR count). The number of rotatable bonds is 5. The third-order valence-corrected chi connectivity index (χ3v) is 7.87. The summed E-state index contributed by atoms with van der Waals surface area (Å²) in [5.41, 5.74) is 1.94. The molecule has 2 fully saturated rings. The van der Waals surface area contributed by atoms with Gasteiger partial charge in [-0.15, -0.1) is 0 Å². The van der Waals surface area contributed by atoms with Gasteiger partial charge in [0, 0.05) is 37.6 Å². The van der Waals surface area contributed by atoms with E-state index in [4.69, 9.17) is 0 Å². The molecule has 1 amide bonds. The Morgan fingerprint density at radius 2 is 1.57 bits per heavy atom. The van der Waals surface area contributed by atoms with Crippen molar-refractivity contribution in [1.29, 1.82) is 0 Å². The van der Waals surface area contributed by atoms with Gasteiger partial charge < -0.3 is 10.2 Å². The van der Waals surface area contributed by atoms with Gasteiger partial charge in [-0.2, -0.15) is 4.31 Å². The number of hydrogen-bond donors (Lipinski definition) is 1. The number of nitrogens with zero attached hydrogens (tertiary/aromatic N) is 2. The highest BCUT2D eigenvalue weighted by atomic mass is 32.2. The predicted molar refractivity (Wildman–Crippen MR) is 119 cm³/mol. The molecule has 0 aromatic heterocycles. The number of benzene rings is 2. The van der Waals surface area contributed by atoms with Crippen LogP contribution in [0, 0.1) is 5.92 Å². The van der Waals surface area contributed by atoms with Crippen molar-refractivity contribution in [3.05, 3.63) is 54.6 Å². The van der Waals surface area contributed by atoms with Crippen LogP contribution in [0.2, 0.25) is 0 Å². The van der Waals surface area contributed by atoms with Crippen LogP contribution in [0.1, 0.15) is 32.1 Å². The lowest BCUT2D eigenvalue weighted by molar-refractivity contribution is -0.120. The summed E-state index contributed by atoms with van der Waals surface area (Å²) in [5.74, 6) is -0.465. The van der Waals surface area contributed by atoms with E-state index in [9.17, 15) is 13.2 Å². The fourth-order valence-electron chi connectivity index (χ4n) is 4.27. The maximum atomic E-state index is 12.9. The van der Waals surface area contributed by atoms with Crippen LogP contribution in [0.4, 0.5) is 11.4 Å². The van der Waals surface area contributed by atoms with E-state index < -0.39 is 10.0 Å². The van der Waals surface area contributed by atoms with Crippen molar-refractivity contribution < 1.29 is 13.2 Å². The van der Waals surface area contributed by atoms with Crippen LogP contribution in [-0.4, -0.2) is 44.8 Å². The average Bonchev–Trinajstić information content (AvgIpc) is 2.81. The first-order valence-corrected chi connectivity index (χ1v) is 12.2. The normalized spacial score (nSPS) is 20.7. The molecule has 160 valence electrons. The summed E-state index contributed by atoms with van der Waals surface area (Å²) in [6.45, 7) is 2.83. The zero-order chi connectivity index (χ0) is 21.0. The molecule has 0 unspecified atom stereocenters. The quantitative estimate of drug-likeness (QED) is 0.790. The molecule has 0 saturated carbocycles. The summed E-state index contributed by atoms with van der Waals surface area (Å²) in [5, 5.41) is 2.97. The van der Waals surface area contributed by atoms with Crippen molar-refractivity contribution in [2.24, 2.45) is 5.92 Å². The fourth-order valence-corrected chi connectivity index (χ4v) is 5.81. The molecule has 2 aliphatic rings. The van der Waals surface area contributed by atoms with Crippen LogP contribution in [0.3, 0.4) is 0 Å². The summed E-state index contributed by atoms with van der Waals surface area (Å²) in [7, 11) is -3.57. The highest BCUT2D eigenvalue weighted by Gasteiger charge is 2.33. The molecule has 1 atom stereocenters. The standard InChI is InChI=1S/C23H29N3O3S/c27-23(24-20-11-13-21(14-12-20)25-15-5-2-6-16-25)19-8-7-17-26(18-19)30(28,29)22-9-3-1-4-10-22/h1,3-4,9-14,19H,2,5-8,15-18H2,(H,24,27)/t19-/m0/s1. The van der Waals surface area contributed by atoms with E-state index >= 15 is 0 Å². The first kappa shape index (κ1) is 20.9. The first-order valence-electron chi connectivity index (χ1n) is 10.7. The van der Waals surface area contributed by atoms with E-state index in [1.807, 2.05) is 24.3 Å². The van der Waals surface area contributed by atoms with Crippen molar-refractivity contribution in [3.63, 3.8) is 0 Å². The second-order valence-electron chi connectivity index (χ2n) is 8.10. The molecule has 6 nitrogen and oxygen atoms in total. The Kier molecular flexibility index (Phi) is 6.39. The van der Waals surface area contributed by atoms with Crippen molar-refractivity contribution >= 4 is 27.3 Å². The Balaban J connectivity index is 1.38. The largest absolute Gasteiger partial charge is 0.372 e. The second kappa shape index (κ2) is 9.18. The molecule has 0 bridgehead atoms. The van der Waals surface area contributed by atoms with E-state index in [0.717, 1.165) is 18.8 Å². The molecule has 30 heavy (non-hydrogen) atoms. The molecule has 2 saturated heterocycles. The Morgan fingerprint density at radius 1 is 0.867 bits per heavy atom. The zero-order valence-electron chi connectivity index (χ0n) is 17.2. The highest BCUT2D eigenvalue weighted by Crippen LogP contribution is 2.26. The smallest absolute Gasteiger partial charge is 0.243 e. The van der Waals surface area contributed by atoms with Crippen LogP contribution in [0.15, 0.2) is 59.5 Å². The number of carbonyl (C=O) groups is 1. The lowest BCUT2D eigenvalue weighted by Gasteiger charge is -2.31. The molecule has 2 aliphatic heterocycles. The second-order valence-corrected chi connectivity index (χ2v) is 10.0. The molecule has 2 aromatic carbocycles. The average molecular weight is 428 g/mol. The summed E-state index contributed by atoms with van der Waals surface area (Å²) < 4.78 is 27.2. The molecule has 0 aliphatic carbocycles. The van der Waals surface area contributed by atoms with Crippen LogP contribution >= 0.6 is 0 Å². The van der Waals surface area contributed by atoms with E-state index in [2.05, 4.69) is 10.2 Å². The number of amides is 1. The topological polar surface area (TPSA) is 69.7 Å². The lowest BCUT2D eigenvalue weighted by atomic mass is 9.98. The van der Waals surface area contributed by atoms with Crippen LogP contribution in [0.5, 0.6) is 0 Å². The molecular formula is C23H29N3O3S. The van der Waals surface area contributed by atoms with Gasteiger partial charge in [-0.1, -0.05) is 18.2 Å². The Hall–Kier alpha value is -2.38. The summed E-state index contributed by atoms with van der Waals surface area (Å²) in [6, 6.07) is 16.4. The summed E-state index contributed by atoms with van der Waals surface area (Å²) in [6.07, 6.45) is 5.12. The number of hydrogen-bond acceptors (Lipinski definition) is 4. The zero-order valence-corrected chi connectivity index (χ0v) is 18.0. The van der Waals surface area contributed by atoms with Crippen molar-refractivity contribution in [2.75, 3.05) is 36.4 Å². The van der Waals surface area contributed by atoms with Gasteiger partial charge in [0.1, 0.15) is 0 Å². The number of nitrogens with one attached hydrogen (secondary N) is 1. The molecule has 2 aromatic rings. The van der Waals surface area contributed by atoms with Gasteiger partial charge in [-0.25, -0.2) is 8.42 Å². The number of sulfonamides is 1. The van der Waals surface area contributed by atoms with Gasteiger partial charge in [0.15, 0.2) is 0 Å². The van der Waals surface area contributed by atoms with E-state index in [-0.39, 0.29) is 23.3 Å². The van der Waals surface area contributed by atoms with Crippen molar-refractivity contribution in [3.8, 4) is 0 Å². The minimum absolute atomic E-state index is 0.117. The monoisotopic (exact) mass is 427 g/mol. The van der Waals surface area contributed by atoms with Crippen LogP contribution in [0.25, 0.3) is 0 Å². The lowest BCUT2D eigenvalue weighted by Crippen LogP contribution is -2.43. The van der Waals surface area contributed by atoms with Gasteiger partial charge in [-0.05, 0) is 68.5 Å². The van der Waals surface area contributed by atoms with Crippen molar-refractivity contribution in [1.82, 2.24) is 4.31 Å². The van der Waals surface area contributed by atoms with Gasteiger partial charge in [0.2, 0.25) is 15.9 Å². The van der Waals surface area contributed by atoms with Crippen LogP contribution < -0.4 is 10.2 Å². The minimum Gasteiger partial charge on any atom is -0.372 e. The van der Waals surface area contributed by atoms with Gasteiger partial charge in [-0.3, -0.25) is 4.79 Å². The Bertz CT molecular complexity index is 955. The summed E-state index contributed by atoms with van der Waals surface area (Å²) >= 11 is 0. The van der Waals surface area contributed by atoms with Gasteiger partial charge >= 0.3 is 0 Å². The highest BCUT2D eigenvalue weighted by molar-refractivity contribution is 7.89. The maximum absolute atomic E-state index is 12.9. The summed E-state index contributed by atoms with van der Waals surface area (Å²) in [4.78, 5) is 15.5. The van der Waals surface area contributed by atoms with E-state index in [1.54, 1.807) is 30.3 Å². The molecule has 7 heteroatoms. The van der Waals surface area contributed by atoms with Gasteiger partial charge in [0.05, 0.1) is 10.8 Å². The maximum Gasteiger partial charge on any atom is 0.243 e. The molecule has 1 N–H and O–H groups in total. The Morgan fingerprint density at radius 3 is 2.27 bits per heavy atom. The number of piperidine rings is 2. The third-order valence-electron chi connectivity index (χ3n) is 5.99. The number of anilines is 2. The predicted octanol–water partition coefficient (Wildman–Crippen LogP) is 3.72. The van der Waals surface area contributed by atoms with Crippen molar-refractivity contribution in [2.45, 2.75) is 37.0 Å². The fraction of sp³-hybridized carbons (Fsp3) is 0.435. The molecular weight excluding hydrogens is 398 g/mol. The minimum atomic E-state index is -3.57. The van der Waals surface area contributed by atoms with Gasteiger partial charge in [0.25, 0.3) is 0 Å². The van der Waals surface area contributed by atoms with Crippen LogP contribution in [-0.2, 0) is 14.8 Å². The molecule has 0 spiro atoms.